The quantitative estimate of drug-likeness (QED) is 0.884. The van der Waals surface area contributed by atoms with Gasteiger partial charge in [0.2, 0.25) is 5.91 Å². The molecule has 0 fully saturated rings. The minimum Gasteiger partial charge on any atom is -0.496 e. The van der Waals surface area contributed by atoms with Crippen LogP contribution in [0.5, 0.6) is 5.75 Å². The minimum atomic E-state index is -0.211. The maximum Gasteiger partial charge on any atom is 0.251 e. The average molecular weight is 326 g/mol. The van der Waals surface area contributed by atoms with E-state index in [1.54, 1.807) is 31.4 Å². The minimum absolute atomic E-state index is 0.176. The first kappa shape index (κ1) is 17.5. The number of benzene rings is 2. The highest BCUT2D eigenvalue weighted by atomic mass is 16.5. The molecule has 0 aliphatic heterocycles. The van der Waals surface area contributed by atoms with Crippen LogP contribution in [0.25, 0.3) is 0 Å². The molecule has 2 aromatic rings. The number of carbonyl (C=O) groups excluding carboxylic acids is 2. The summed E-state index contributed by atoms with van der Waals surface area (Å²) < 4.78 is 5.37. The monoisotopic (exact) mass is 326 g/mol. The van der Waals surface area contributed by atoms with Gasteiger partial charge in [0, 0.05) is 23.7 Å². The molecule has 2 rings (SSSR count). The number of ether oxygens (including phenoxy) is 1. The Morgan fingerprint density at radius 2 is 1.88 bits per heavy atom. The number of hydrogen-bond donors (Lipinski definition) is 2. The molecule has 0 aliphatic carbocycles. The second-order valence-corrected chi connectivity index (χ2v) is 5.70. The van der Waals surface area contributed by atoms with Crippen molar-refractivity contribution in [3.8, 4) is 5.75 Å². The van der Waals surface area contributed by atoms with Gasteiger partial charge in [0.25, 0.3) is 5.91 Å². The first-order valence-corrected chi connectivity index (χ1v) is 7.73. The van der Waals surface area contributed by atoms with E-state index in [0.717, 1.165) is 16.9 Å². The van der Waals surface area contributed by atoms with Crippen molar-refractivity contribution in [3.05, 3.63) is 59.2 Å². The molecule has 5 nitrogen and oxygen atoms in total. The maximum atomic E-state index is 12.5. The van der Waals surface area contributed by atoms with Crippen LogP contribution in [0, 0.1) is 6.92 Å². The predicted octanol–water partition coefficient (Wildman–Crippen LogP) is 3.45. The van der Waals surface area contributed by atoms with Crippen LogP contribution in [-0.2, 0) is 4.79 Å². The number of amides is 2. The molecule has 0 saturated carbocycles. The lowest BCUT2D eigenvalue weighted by molar-refractivity contribution is -0.114. The molecule has 0 unspecified atom stereocenters. The molecule has 0 saturated heterocycles. The molecule has 5 heteroatoms. The Morgan fingerprint density at radius 1 is 1.12 bits per heavy atom. The summed E-state index contributed by atoms with van der Waals surface area (Å²) in [7, 11) is 1.61. The summed E-state index contributed by atoms with van der Waals surface area (Å²) in [6.45, 7) is 5.33. The van der Waals surface area contributed by atoms with E-state index in [1.165, 1.54) is 6.92 Å². The number of rotatable bonds is 5. The number of carbonyl (C=O) groups is 2. The number of methoxy groups -OCH3 is 1. The topological polar surface area (TPSA) is 67.4 Å². The van der Waals surface area contributed by atoms with Crippen molar-refractivity contribution in [3.63, 3.8) is 0 Å². The second kappa shape index (κ2) is 7.64. The Bertz CT molecular complexity index is 756. The van der Waals surface area contributed by atoms with Gasteiger partial charge < -0.3 is 15.4 Å². The highest BCUT2D eigenvalue weighted by Crippen LogP contribution is 2.26. The molecule has 2 amide bonds. The average Bonchev–Trinajstić information content (AvgIpc) is 2.54. The lowest BCUT2D eigenvalue weighted by atomic mass is 10.0. The summed E-state index contributed by atoms with van der Waals surface area (Å²) in [5.41, 5.74) is 3.10. The van der Waals surface area contributed by atoms with Crippen molar-refractivity contribution in [1.82, 2.24) is 5.32 Å². The zero-order valence-corrected chi connectivity index (χ0v) is 14.3. The van der Waals surface area contributed by atoms with Crippen molar-refractivity contribution in [1.29, 1.82) is 0 Å². The Balaban J connectivity index is 2.17. The molecule has 0 spiro atoms. The number of hydrogen-bond acceptors (Lipinski definition) is 3. The van der Waals surface area contributed by atoms with Crippen molar-refractivity contribution < 1.29 is 14.3 Å². The van der Waals surface area contributed by atoms with Gasteiger partial charge >= 0.3 is 0 Å². The summed E-state index contributed by atoms with van der Waals surface area (Å²) >= 11 is 0. The first-order valence-electron chi connectivity index (χ1n) is 7.73. The van der Waals surface area contributed by atoms with Gasteiger partial charge in [-0.1, -0.05) is 23.8 Å². The van der Waals surface area contributed by atoms with Crippen LogP contribution in [0.15, 0.2) is 42.5 Å². The molecule has 0 bridgehead atoms. The normalized spacial score (nSPS) is 11.5. The largest absolute Gasteiger partial charge is 0.496 e. The molecular formula is C19H22N2O3. The van der Waals surface area contributed by atoms with Crippen molar-refractivity contribution in [2.75, 3.05) is 12.4 Å². The van der Waals surface area contributed by atoms with Crippen LogP contribution < -0.4 is 15.4 Å². The molecule has 0 heterocycles. The first-order chi connectivity index (χ1) is 11.4. The van der Waals surface area contributed by atoms with Gasteiger partial charge in [-0.2, -0.15) is 0 Å². The van der Waals surface area contributed by atoms with Crippen molar-refractivity contribution in [2.45, 2.75) is 26.8 Å². The number of anilines is 1. The fourth-order valence-electron chi connectivity index (χ4n) is 2.49. The van der Waals surface area contributed by atoms with Crippen LogP contribution in [0.1, 0.15) is 41.4 Å². The molecule has 126 valence electrons. The van der Waals surface area contributed by atoms with Crippen LogP contribution in [0.3, 0.4) is 0 Å². The summed E-state index contributed by atoms with van der Waals surface area (Å²) in [5.74, 6) is 0.351. The predicted molar refractivity (Wildman–Crippen MR) is 94.4 cm³/mol. The molecular weight excluding hydrogens is 304 g/mol. The molecule has 0 aromatic heterocycles. The van der Waals surface area contributed by atoms with Gasteiger partial charge in [-0.05, 0) is 38.1 Å². The van der Waals surface area contributed by atoms with Crippen molar-refractivity contribution >= 4 is 17.5 Å². The van der Waals surface area contributed by atoms with E-state index in [4.69, 9.17) is 4.74 Å². The number of aryl methyl sites for hydroxylation is 1. The molecule has 2 N–H and O–H groups in total. The highest BCUT2D eigenvalue weighted by Gasteiger charge is 2.15. The Kier molecular flexibility index (Phi) is 5.58. The van der Waals surface area contributed by atoms with Crippen molar-refractivity contribution in [2.24, 2.45) is 0 Å². The zero-order chi connectivity index (χ0) is 17.7. The SMILES string of the molecule is COc1ccc(C)cc1[C@@H](C)NC(=O)c1cccc(NC(C)=O)c1. The molecule has 0 aliphatic rings. The van der Waals surface area contributed by atoms with Crippen LogP contribution in [0.4, 0.5) is 5.69 Å². The maximum absolute atomic E-state index is 12.5. The highest BCUT2D eigenvalue weighted by molar-refractivity contribution is 5.97. The zero-order valence-electron chi connectivity index (χ0n) is 14.3. The van der Waals surface area contributed by atoms with E-state index >= 15 is 0 Å². The fraction of sp³-hybridized carbons (Fsp3) is 0.263. The molecule has 24 heavy (non-hydrogen) atoms. The van der Waals surface area contributed by atoms with E-state index < -0.39 is 0 Å². The van der Waals surface area contributed by atoms with Crippen LogP contribution >= 0.6 is 0 Å². The van der Waals surface area contributed by atoms with Gasteiger partial charge in [0.15, 0.2) is 0 Å². The van der Waals surface area contributed by atoms with Gasteiger partial charge in [-0.15, -0.1) is 0 Å². The van der Waals surface area contributed by atoms with Crippen LogP contribution in [0.2, 0.25) is 0 Å². The third kappa shape index (κ3) is 4.35. The fourth-order valence-corrected chi connectivity index (χ4v) is 2.49. The number of nitrogens with one attached hydrogen (secondary N) is 2. The van der Waals surface area contributed by atoms with E-state index in [9.17, 15) is 9.59 Å². The standard InChI is InChI=1S/C19H22N2O3/c1-12-8-9-18(24-4)17(10-12)13(2)20-19(23)15-6-5-7-16(11-15)21-14(3)22/h5-11,13H,1-4H3,(H,20,23)(H,21,22)/t13-/m1/s1. The molecule has 0 radical (unpaired) electrons. The second-order valence-electron chi connectivity index (χ2n) is 5.70. The Labute approximate surface area is 142 Å². The van der Waals surface area contributed by atoms with E-state index in [0.29, 0.717) is 11.3 Å². The summed E-state index contributed by atoms with van der Waals surface area (Å²) in [6, 6.07) is 12.5. The van der Waals surface area contributed by atoms with E-state index in [1.807, 2.05) is 32.0 Å². The Morgan fingerprint density at radius 3 is 2.54 bits per heavy atom. The van der Waals surface area contributed by atoms with Crippen LogP contribution in [-0.4, -0.2) is 18.9 Å². The third-order valence-corrected chi connectivity index (χ3v) is 3.64. The third-order valence-electron chi connectivity index (χ3n) is 3.64. The molecule has 1 atom stereocenters. The van der Waals surface area contributed by atoms with Gasteiger partial charge in [-0.25, -0.2) is 0 Å². The van der Waals surface area contributed by atoms with Gasteiger partial charge in [-0.3, -0.25) is 9.59 Å². The lowest BCUT2D eigenvalue weighted by Crippen LogP contribution is -2.27. The lowest BCUT2D eigenvalue weighted by Gasteiger charge is -2.18. The Hall–Kier alpha value is -2.82. The van der Waals surface area contributed by atoms with Gasteiger partial charge in [0.05, 0.1) is 13.2 Å². The van der Waals surface area contributed by atoms with Gasteiger partial charge in [0.1, 0.15) is 5.75 Å². The van der Waals surface area contributed by atoms with E-state index in [-0.39, 0.29) is 17.9 Å². The molecule has 2 aromatic carbocycles. The van der Waals surface area contributed by atoms with E-state index in [2.05, 4.69) is 10.6 Å². The summed E-state index contributed by atoms with van der Waals surface area (Å²) in [4.78, 5) is 23.6. The summed E-state index contributed by atoms with van der Waals surface area (Å²) in [5, 5.41) is 5.64. The summed E-state index contributed by atoms with van der Waals surface area (Å²) in [6.07, 6.45) is 0. The smallest absolute Gasteiger partial charge is 0.251 e.